The van der Waals surface area contributed by atoms with Gasteiger partial charge in [0.15, 0.2) is 0 Å². The van der Waals surface area contributed by atoms with Gasteiger partial charge in [-0.25, -0.2) is 0 Å². The number of nitrogens with zero attached hydrogens (tertiary/aromatic N) is 1. The Bertz CT molecular complexity index is 1760. The number of para-hydroxylation sites is 1. The molecule has 5 heteroatoms. The maximum Gasteiger partial charge on any atom is 0.238 e. The molecular weight excluding hydrogens is 534 g/mol. The SMILES string of the molecule is CCC1=C2[C@@H](CC/C(=C/c3ccc(O)c4ccccc34)c3ccccc3)OC[C@@H]2[C@@H]2C(=O)N(c3ccccc3)C(=O)[C@@H]2C1. The van der Waals surface area contributed by atoms with Crippen LogP contribution >= 0.6 is 0 Å². The van der Waals surface area contributed by atoms with Crippen LogP contribution in [-0.2, 0) is 14.3 Å². The minimum absolute atomic E-state index is 0.0611. The summed E-state index contributed by atoms with van der Waals surface area (Å²) in [4.78, 5) is 28.8. The molecule has 7 rings (SSSR count). The number of rotatable bonds is 7. The van der Waals surface area contributed by atoms with Crippen LogP contribution in [0.25, 0.3) is 22.4 Å². The largest absolute Gasteiger partial charge is 0.507 e. The monoisotopic (exact) mass is 569 g/mol. The van der Waals surface area contributed by atoms with Crippen LogP contribution in [0.15, 0.2) is 108 Å². The first kappa shape index (κ1) is 27.4. The first-order chi connectivity index (χ1) is 21.0. The van der Waals surface area contributed by atoms with E-state index in [-0.39, 0.29) is 41.4 Å². The number of imide groups is 1. The fourth-order valence-corrected chi connectivity index (χ4v) is 7.50. The van der Waals surface area contributed by atoms with Gasteiger partial charge in [-0.2, -0.15) is 0 Å². The van der Waals surface area contributed by atoms with Crippen molar-refractivity contribution in [3.63, 3.8) is 0 Å². The van der Waals surface area contributed by atoms with Crippen molar-refractivity contribution in [1.82, 2.24) is 0 Å². The number of amides is 2. The number of carbonyl (C=O) groups excluding carboxylic acids is 2. The Labute approximate surface area is 252 Å². The molecule has 0 aromatic heterocycles. The number of carbonyl (C=O) groups is 2. The molecule has 2 fully saturated rings. The smallest absolute Gasteiger partial charge is 0.238 e. The van der Waals surface area contributed by atoms with Crippen molar-refractivity contribution in [3.8, 4) is 5.75 Å². The molecule has 0 spiro atoms. The third-order valence-corrected chi connectivity index (χ3v) is 9.53. The molecular formula is C38H35NO4. The lowest BCUT2D eigenvalue weighted by molar-refractivity contribution is -0.122. The Morgan fingerprint density at radius 3 is 2.30 bits per heavy atom. The van der Waals surface area contributed by atoms with Gasteiger partial charge in [0.1, 0.15) is 5.75 Å². The van der Waals surface area contributed by atoms with Crippen molar-refractivity contribution in [2.75, 3.05) is 11.5 Å². The quantitative estimate of drug-likeness (QED) is 0.140. The maximum atomic E-state index is 13.8. The molecule has 4 atom stereocenters. The van der Waals surface area contributed by atoms with Gasteiger partial charge in [-0.05, 0) is 71.5 Å². The number of fused-ring (bicyclic) bond motifs is 4. The van der Waals surface area contributed by atoms with Crippen LogP contribution in [0.2, 0.25) is 0 Å². The highest BCUT2D eigenvalue weighted by atomic mass is 16.5. The molecule has 0 unspecified atom stereocenters. The van der Waals surface area contributed by atoms with E-state index in [4.69, 9.17) is 4.74 Å². The number of allylic oxidation sites excluding steroid dienone is 2. The van der Waals surface area contributed by atoms with Gasteiger partial charge in [0.05, 0.1) is 30.2 Å². The van der Waals surface area contributed by atoms with Crippen molar-refractivity contribution in [2.24, 2.45) is 17.8 Å². The third-order valence-electron chi connectivity index (χ3n) is 9.53. The molecule has 43 heavy (non-hydrogen) atoms. The van der Waals surface area contributed by atoms with Crippen LogP contribution in [0.1, 0.15) is 43.7 Å². The normalized spacial score (nSPS) is 23.7. The Balaban J connectivity index is 1.19. The Kier molecular flexibility index (Phi) is 7.20. The minimum atomic E-state index is -0.365. The number of ether oxygens (including phenoxy) is 1. The molecule has 2 amide bonds. The highest BCUT2D eigenvalue weighted by Gasteiger charge is 2.57. The zero-order valence-electron chi connectivity index (χ0n) is 24.3. The van der Waals surface area contributed by atoms with Crippen LogP contribution in [0.5, 0.6) is 5.75 Å². The summed E-state index contributed by atoms with van der Waals surface area (Å²) in [5.41, 5.74) is 6.58. The van der Waals surface area contributed by atoms with E-state index in [1.165, 1.54) is 21.6 Å². The van der Waals surface area contributed by atoms with E-state index in [9.17, 15) is 14.7 Å². The molecule has 0 bridgehead atoms. The number of hydrogen-bond donors (Lipinski definition) is 1. The van der Waals surface area contributed by atoms with Gasteiger partial charge in [0.25, 0.3) is 0 Å². The van der Waals surface area contributed by atoms with Gasteiger partial charge >= 0.3 is 0 Å². The van der Waals surface area contributed by atoms with E-state index < -0.39 is 0 Å². The van der Waals surface area contributed by atoms with Crippen molar-refractivity contribution in [1.29, 1.82) is 0 Å². The molecule has 1 N–H and O–H groups in total. The molecule has 4 aromatic carbocycles. The van der Waals surface area contributed by atoms with Crippen LogP contribution in [0, 0.1) is 17.8 Å². The van der Waals surface area contributed by atoms with E-state index in [0.29, 0.717) is 18.7 Å². The van der Waals surface area contributed by atoms with Gasteiger partial charge in [-0.1, -0.05) is 97.4 Å². The van der Waals surface area contributed by atoms with Crippen molar-refractivity contribution < 1.29 is 19.4 Å². The fourth-order valence-electron chi connectivity index (χ4n) is 7.50. The average molecular weight is 570 g/mol. The summed E-state index contributed by atoms with van der Waals surface area (Å²) in [5, 5.41) is 12.3. The summed E-state index contributed by atoms with van der Waals surface area (Å²) in [7, 11) is 0. The van der Waals surface area contributed by atoms with Gasteiger partial charge in [-0.3, -0.25) is 14.5 Å². The topological polar surface area (TPSA) is 66.8 Å². The lowest BCUT2D eigenvalue weighted by Crippen LogP contribution is -2.34. The van der Waals surface area contributed by atoms with Gasteiger partial charge in [-0.15, -0.1) is 0 Å². The number of anilines is 1. The molecule has 5 nitrogen and oxygen atoms in total. The highest BCUT2D eigenvalue weighted by Crippen LogP contribution is 2.51. The Morgan fingerprint density at radius 1 is 0.860 bits per heavy atom. The number of aromatic hydroxyl groups is 1. The summed E-state index contributed by atoms with van der Waals surface area (Å²) in [6.07, 6.45) is 5.19. The molecule has 2 saturated heterocycles. The average Bonchev–Trinajstić information content (AvgIpc) is 3.58. The zero-order chi connectivity index (χ0) is 29.5. The molecule has 4 aromatic rings. The molecule has 2 aliphatic heterocycles. The lowest BCUT2D eigenvalue weighted by Gasteiger charge is -2.31. The second-order valence-corrected chi connectivity index (χ2v) is 11.8. The summed E-state index contributed by atoms with van der Waals surface area (Å²) in [5.74, 6) is -0.636. The van der Waals surface area contributed by atoms with E-state index >= 15 is 0 Å². The predicted octanol–water partition coefficient (Wildman–Crippen LogP) is 7.80. The second-order valence-electron chi connectivity index (χ2n) is 11.8. The molecule has 1 aliphatic carbocycles. The van der Waals surface area contributed by atoms with E-state index in [1.54, 1.807) is 6.07 Å². The first-order valence-electron chi connectivity index (χ1n) is 15.3. The van der Waals surface area contributed by atoms with Crippen LogP contribution < -0.4 is 4.90 Å². The van der Waals surface area contributed by atoms with Gasteiger partial charge in [0.2, 0.25) is 11.8 Å². The van der Waals surface area contributed by atoms with Gasteiger partial charge < -0.3 is 9.84 Å². The Morgan fingerprint density at radius 2 is 1.56 bits per heavy atom. The zero-order valence-corrected chi connectivity index (χ0v) is 24.3. The van der Waals surface area contributed by atoms with E-state index in [1.807, 2.05) is 66.7 Å². The van der Waals surface area contributed by atoms with Crippen molar-refractivity contribution in [3.05, 3.63) is 119 Å². The molecule has 3 aliphatic rings. The summed E-state index contributed by atoms with van der Waals surface area (Å²) in [6.45, 7) is 2.62. The number of benzene rings is 4. The van der Waals surface area contributed by atoms with Crippen LogP contribution in [-0.4, -0.2) is 29.6 Å². The molecule has 0 saturated carbocycles. The second kappa shape index (κ2) is 11.3. The first-order valence-corrected chi connectivity index (χ1v) is 15.3. The summed E-state index contributed by atoms with van der Waals surface area (Å²) >= 11 is 0. The summed E-state index contributed by atoms with van der Waals surface area (Å²) in [6, 6.07) is 31.4. The fraction of sp³-hybridized carbons (Fsp3) is 0.263. The predicted molar refractivity (Wildman–Crippen MR) is 170 cm³/mol. The van der Waals surface area contributed by atoms with E-state index in [2.05, 4.69) is 37.3 Å². The van der Waals surface area contributed by atoms with Crippen molar-refractivity contribution >= 4 is 39.9 Å². The molecule has 0 radical (unpaired) electrons. The number of phenolic OH excluding ortho intramolecular Hbond substituents is 1. The number of hydrogen-bond acceptors (Lipinski definition) is 4. The van der Waals surface area contributed by atoms with Gasteiger partial charge in [0, 0.05) is 11.3 Å². The van der Waals surface area contributed by atoms with Crippen molar-refractivity contribution in [2.45, 2.75) is 38.7 Å². The maximum absolute atomic E-state index is 13.8. The summed E-state index contributed by atoms with van der Waals surface area (Å²) < 4.78 is 6.49. The van der Waals surface area contributed by atoms with Crippen LogP contribution in [0.3, 0.4) is 0 Å². The molecule has 2 heterocycles. The highest BCUT2D eigenvalue weighted by molar-refractivity contribution is 6.22. The lowest BCUT2D eigenvalue weighted by atomic mass is 9.69. The number of phenols is 1. The van der Waals surface area contributed by atoms with Crippen LogP contribution in [0.4, 0.5) is 5.69 Å². The molecule has 216 valence electrons. The van der Waals surface area contributed by atoms with E-state index in [0.717, 1.165) is 41.2 Å². The minimum Gasteiger partial charge on any atom is -0.507 e. The Hall–Kier alpha value is -4.48. The third kappa shape index (κ3) is 4.78. The standard InChI is InChI=1S/C38H35NO4/c1-2-24-22-31-36(38(42)39(37(31)41)28-13-7-4-8-14-28)32-23-43-34(35(24)32)20-18-26(25-11-5-3-6-12-25)21-27-17-19-33(40)30-16-10-9-15-29(27)30/h3-17,19,21,31-32,34,36,40H,2,18,20,22-23H2,1H3/b26-21-/t31-,32+,34-,36-/m1/s1.